The number of ketones is 1. The average molecular weight is 348 g/mol. The minimum atomic E-state index is -0.117. The first-order valence-electron chi connectivity index (χ1n) is 8.74. The molecule has 2 aromatic carbocycles. The number of phenolic OH excluding ortho intramolecular Hbond substituents is 1. The molecule has 1 aromatic heterocycles. The van der Waals surface area contributed by atoms with Crippen LogP contribution in [-0.4, -0.2) is 42.2 Å². The molecule has 1 aliphatic heterocycles. The van der Waals surface area contributed by atoms with Gasteiger partial charge in [-0.1, -0.05) is 24.3 Å². The Kier molecular flexibility index (Phi) is 4.54. The highest BCUT2D eigenvalue weighted by Crippen LogP contribution is 2.28. The Labute approximate surface area is 151 Å². The standard InChI is InChI=1S/C21H20N2O3/c24-19(18-8-5-16-2-1-9-22-20(16)21(18)25)14-15-3-6-17(7-4-15)23-10-12-26-13-11-23/h1-9,25H,10-14H2. The van der Waals surface area contributed by atoms with Gasteiger partial charge >= 0.3 is 0 Å². The van der Waals surface area contributed by atoms with Crippen LogP contribution in [0.2, 0.25) is 0 Å². The summed E-state index contributed by atoms with van der Waals surface area (Å²) in [6.45, 7) is 3.26. The van der Waals surface area contributed by atoms with Crippen molar-refractivity contribution in [1.29, 1.82) is 0 Å². The summed E-state index contributed by atoms with van der Waals surface area (Å²) < 4.78 is 5.37. The smallest absolute Gasteiger partial charge is 0.171 e. The zero-order chi connectivity index (χ0) is 17.9. The van der Waals surface area contributed by atoms with Crippen molar-refractivity contribution in [1.82, 2.24) is 4.98 Å². The van der Waals surface area contributed by atoms with E-state index in [0.29, 0.717) is 11.1 Å². The third kappa shape index (κ3) is 3.26. The van der Waals surface area contributed by atoms with Crippen LogP contribution >= 0.6 is 0 Å². The fourth-order valence-corrected chi connectivity index (χ4v) is 3.28. The lowest BCUT2D eigenvalue weighted by Gasteiger charge is -2.28. The molecule has 1 saturated heterocycles. The van der Waals surface area contributed by atoms with Crippen LogP contribution in [0.25, 0.3) is 10.9 Å². The first-order valence-corrected chi connectivity index (χ1v) is 8.74. The van der Waals surface area contributed by atoms with Crippen molar-refractivity contribution >= 4 is 22.4 Å². The number of phenols is 1. The van der Waals surface area contributed by atoms with Crippen molar-refractivity contribution in [2.75, 3.05) is 31.2 Å². The van der Waals surface area contributed by atoms with Gasteiger partial charge in [-0.05, 0) is 29.8 Å². The largest absolute Gasteiger partial charge is 0.505 e. The number of Topliss-reactive ketones (excluding diaryl/α,β-unsaturated/α-hetero) is 1. The summed E-state index contributed by atoms with van der Waals surface area (Å²) >= 11 is 0. The lowest BCUT2D eigenvalue weighted by molar-refractivity contribution is 0.0990. The van der Waals surface area contributed by atoms with Crippen LogP contribution in [0, 0.1) is 0 Å². The van der Waals surface area contributed by atoms with Crippen molar-refractivity contribution in [2.24, 2.45) is 0 Å². The van der Waals surface area contributed by atoms with Gasteiger partial charge in [-0.3, -0.25) is 9.78 Å². The lowest BCUT2D eigenvalue weighted by Crippen LogP contribution is -2.36. The molecular weight excluding hydrogens is 328 g/mol. The fraction of sp³-hybridized carbons (Fsp3) is 0.238. The molecule has 0 unspecified atom stereocenters. The third-order valence-corrected chi connectivity index (χ3v) is 4.73. The van der Waals surface area contributed by atoms with Gasteiger partial charge in [-0.25, -0.2) is 0 Å². The number of aromatic nitrogens is 1. The van der Waals surface area contributed by atoms with E-state index >= 15 is 0 Å². The number of carbonyl (C=O) groups excluding carboxylic acids is 1. The van der Waals surface area contributed by atoms with Crippen molar-refractivity contribution in [3.8, 4) is 5.75 Å². The topological polar surface area (TPSA) is 62.7 Å². The van der Waals surface area contributed by atoms with E-state index in [1.807, 2.05) is 36.4 Å². The molecule has 5 heteroatoms. The fourth-order valence-electron chi connectivity index (χ4n) is 3.28. The Morgan fingerprint density at radius 2 is 1.85 bits per heavy atom. The van der Waals surface area contributed by atoms with Crippen molar-refractivity contribution in [3.63, 3.8) is 0 Å². The summed E-state index contributed by atoms with van der Waals surface area (Å²) in [5, 5.41) is 11.2. The van der Waals surface area contributed by atoms with Crippen LogP contribution in [-0.2, 0) is 11.2 Å². The number of aromatic hydroxyl groups is 1. The zero-order valence-electron chi connectivity index (χ0n) is 14.4. The SMILES string of the molecule is O=C(Cc1ccc(N2CCOCC2)cc1)c1ccc2cccnc2c1O. The molecule has 0 radical (unpaired) electrons. The molecule has 1 fully saturated rings. The van der Waals surface area contributed by atoms with Gasteiger partial charge in [0.2, 0.25) is 0 Å². The lowest BCUT2D eigenvalue weighted by atomic mass is 10.00. The van der Waals surface area contributed by atoms with Crippen molar-refractivity contribution in [3.05, 3.63) is 65.9 Å². The molecule has 0 spiro atoms. The summed E-state index contributed by atoms with van der Waals surface area (Å²) in [6, 6.07) is 15.2. The van der Waals surface area contributed by atoms with Gasteiger partial charge < -0.3 is 14.7 Å². The highest BCUT2D eigenvalue weighted by Gasteiger charge is 2.16. The zero-order valence-corrected chi connectivity index (χ0v) is 14.4. The number of benzene rings is 2. The molecule has 1 N–H and O–H groups in total. The first-order chi connectivity index (χ1) is 12.7. The Morgan fingerprint density at radius 1 is 1.08 bits per heavy atom. The highest BCUT2D eigenvalue weighted by atomic mass is 16.5. The van der Waals surface area contributed by atoms with Crippen LogP contribution in [0.3, 0.4) is 0 Å². The number of pyridine rings is 1. The van der Waals surface area contributed by atoms with E-state index in [9.17, 15) is 9.90 Å². The van der Waals surface area contributed by atoms with Crippen LogP contribution in [0.1, 0.15) is 15.9 Å². The van der Waals surface area contributed by atoms with Gasteiger partial charge in [-0.2, -0.15) is 0 Å². The second-order valence-electron chi connectivity index (χ2n) is 6.40. The Balaban J connectivity index is 1.52. The van der Waals surface area contributed by atoms with Gasteiger partial charge in [0.25, 0.3) is 0 Å². The minimum Gasteiger partial charge on any atom is -0.505 e. The molecule has 2 heterocycles. The summed E-state index contributed by atoms with van der Waals surface area (Å²) in [5.74, 6) is -0.160. The number of hydrogen-bond donors (Lipinski definition) is 1. The number of ether oxygens (including phenoxy) is 1. The Hall–Kier alpha value is -2.92. The van der Waals surface area contributed by atoms with Crippen LogP contribution < -0.4 is 4.90 Å². The number of anilines is 1. The van der Waals surface area contributed by atoms with E-state index in [-0.39, 0.29) is 18.0 Å². The number of hydrogen-bond acceptors (Lipinski definition) is 5. The van der Waals surface area contributed by atoms with E-state index in [4.69, 9.17) is 4.74 Å². The second kappa shape index (κ2) is 7.14. The summed E-state index contributed by atoms with van der Waals surface area (Å²) in [6.07, 6.45) is 1.86. The van der Waals surface area contributed by atoms with Crippen LogP contribution in [0.4, 0.5) is 5.69 Å². The number of nitrogens with zero attached hydrogens (tertiary/aromatic N) is 2. The van der Waals surface area contributed by atoms with Crippen molar-refractivity contribution in [2.45, 2.75) is 6.42 Å². The molecule has 0 bridgehead atoms. The Morgan fingerprint density at radius 3 is 2.62 bits per heavy atom. The number of morpholine rings is 1. The maximum atomic E-state index is 12.7. The molecule has 3 aromatic rings. The van der Waals surface area contributed by atoms with Gasteiger partial charge in [0.05, 0.1) is 18.8 Å². The maximum absolute atomic E-state index is 12.7. The van der Waals surface area contributed by atoms with Gasteiger partial charge in [0.1, 0.15) is 5.52 Å². The van der Waals surface area contributed by atoms with E-state index in [0.717, 1.165) is 42.9 Å². The maximum Gasteiger partial charge on any atom is 0.171 e. The summed E-state index contributed by atoms with van der Waals surface area (Å²) in [4.78, 5) is 19.1. The number of rotatable bonds is 4. The summed E-state index contributed by atoms with van der Waals surface area (Å²) in [7, 11) is 0. The molecule has 0 aliphatic carbocycles. The summed E-state index contributed by atoms with van der Waals surface area (Å²) in [5.41, 5.74) is 2.84. The predicted molar refractivity (Wildman–Crippen MR) is 101 cm³/mol. The van der Waals surface area contributed by atoms with Gasteiger partial charge in [-0.15, -0.1) is 0 Å². The average Bonchev–Trinajstić information content (AvgIpc) is 2.69. The normalized spacial score (nSPS) is 14.5. The van der Waals surface area contributed by atoms with Crippen LogP contribution in [0.15, 0.2) is 54.7 Å². The van der Waals surface area contributed by atoms with E-state index in [1.165, 1.54) is 0 Å². The molecule has 26 heavy (non-hydrogen) atoms. The number of fused-ring (bicyclic) bond motifs is 1. The Bertz CT molecular complexity index is 932. The molecule has 4 rings (SSSR count). The molecule has 1 aliphatic rings. The second-order valence-corrected chi connectivity index (χ2v) is 6.40. The van der Waals surface area contributed by atoms with Gasteiger partial charge in [0.15, 0.2) is 11.5 Å². The molecular formula is C21H20N2O3. The number of carbonyl (C=O) groups is 1. The minimum absolute atomic E-state index is 0.0435. The van der Waals surface area contributed by atoms with E-state index in [1.54, 1.807) is 18.3 Å². The monoisotopic (exact) mass is 348 g/mol. The molecule has 132 valence electrons. The molecule has 5 nitrogen and oxygen atoms in total. The van der Waals surface area contributed by atoms with Crippen LogP contribution in [0.5, 0.6) is 5.75 Å². The third-order valence-electron chi connectivity index (χ3n) is 4.73. The predicted octanol–water partition coefficient (Wildman–Crippen LogP) is 3.20. The quantitative estimate of drug-likeness (QED) is 0.734. The molecule has 0 atom stereocenters. The molecule has 0 saturated carbocycles. The molecule has 0 amide bonds. The highest BCUT2D eigenvalue weighted by molar-refractivity contribution is 6.04. The van der Waals surface area contributed by atoms with E-state index < -0.39 is 0 Å². The van der Waals surface area contributed by atoms with Gasteiger partial charge in [0, 0.05) is 36.8 Å². The first kappa shape index (κ1) is 16.5. The van der Waals surface area contributed by atoms with E-state index in [2.05, 4.69) is 9.88 Å². The van der Waals surface area contributed by atoms with Crippen molar-refractivity contribution < 1.29 is 14.6 Å².